The second kappa shape index (κ2) is 6.10. The average Bonchev–Trinajstić information content (AvgIpc) is 2.84. The van der Waals surface area contributed by atoms with Crippen LogP contribution in [0.2, 0.25) is 5.02 Å². The zero-order valence-electron chi connectivity index (χ0n) is 12.0. The average molecular weight is 335 g/mol. The maximum atomic E-state index is 12.3. The summed E-state index contributed by atoms with van der Waals surface area (Å²) in [5.41, 5.74) is 0. The van der Waals surface area contributed by atoms with Crippen molar-refractivity contribution in [2.24, 2.45) is 0 Å². The van der Waals surface area contributed by atoms with E-state index < -0.39 is 6.04 Å². The quantitative estimate of drug-likeness (QED) is 0.858. The molecular weight excluding hydrogens is 320 g/mol. The second-order valence-corrected chi connectivity index (χ2v) is 6.57. The number of hydrogen-bond acceptors (Lipinski definition) is 3. The van der Waals surface area contributed by atoms with Crippen LogP contribution >= 0.6 is 22.9 Å². The number of benzene rings is 1. The van der Waals surface area contributed by atoms with Crippen LogP contribution in [-0.4, -0.2) is 35.8 Å². The fraction of sp³-hybridized carbons (Fsp3) is 0.250. The van der Waals surface area contributed by atoms with Crippen molar-refractivity contribution in [2.75, 3.05) is 13.1 Å². The zero-order chi connectivity index (χ0) is 15.7. The molecule has 2 aromatic rings. The molecule has 0 aliphatic carbocycles. The minimum atomic E-state index is -0.441. The molecule has 6 heteroatoms. The van der Waals surface area contributed by atoms with Gasteiger partial charge in [-0.25, -0.2) is 0 Å². The predicted octanol–water partition coefficient (Wildman–Crippen LogP) is 2.91. The van der Waals surface area contributed by atoms with E-state index in [2.05, 4.69) is 5.32 Å². The molecule has 1 fully saturated rings. The van der Waals surface area contributed by atoms with Gasteiger partial charge in [-0.2, -0.15) is 0 Å². The van der Waals surface area contributed by atoms with Gasteiger partial charge < -0.3 is 10.2 Å². The molecule has 114 valence electrons. The second-order valence-electron chi connectivity index (χ2n) is 5.11. The number of rotatable bonds is 2. The minimum absolute atomic E-state index is 0.118. The third-order valence-corrected chi connectivity index (χ3v) is 5.37. The molecule has 2 heterocycles. The highest BCUT2D eigenvalue weighted by Gasteiger charge is 2.27. The van der Waals surface area contributed by atoms with Gasteiger partial charge in [0.1, 0.15) is 6.04 Å². The third kappa shape index (κ3) is 2.74. The first kappa shape index (κ1) is 15.1. The number of halogens is 1. The molecule has 0 bridgehead atoms. The Morgan fingerprint density at radius 3 is 3.00 bits per heavy atom. The summed E-state index contributed by atoms with van der Waals surface area (Å²) in [5.74, 6) is -0.288. The van der Waals surface area contributed by atoms with Gasteiger partial charge >= 0.3 is 0 Å². The van der Waals surface area contributed by atoms with Gasteiger partial charge in [0.2, 0.25) is 11.8 Å². The van der Waals surface area contributed by atoms with Crippen molar-refractivity contribution in [3.8, 4) is 0 Å². The first-order valence-corrected chi connectivity index (χ1v) is 8.21. The SMILES string of the molecule is CC1C(=O)NCCN1C(=O)C=Cc1sc2ccccc2c1Cl. The van der Waals surface area contributed by atoms with E-state index in [0.717, 1.165) is 15.0 Å². The van der Waals surface area contributed by atoms with Crippen LogP contribution in [0.3, 0.4) is 0 Å². The molecule has 1 aromatic heterocycles. The highest BCUT2D eigenvalue weighted by molar-refractivity contribution is 7.20. The highest BCUT2D eigenvalue weighted by atomic mass is 35.5. The number of nitrogens with one attached hydrogen (secondary N) is 1. The van der Waals surface area contributed by atoms with E-state index in [0.29, 0.717) is 18.1 Å². The fourth-order valence-corrected chi connectivity index (χ4v) is 3.87. The molecule has 1 atom stereocenters. The first-order valence-electron chi connectivity index (χ1n) is 7.01. The summed E-state index contributed by atoms with van der Waals surface area (Å²) in [4.78, 5) is 26.3. The molecule has 0 spiro atoms. The summed E-state index contributed by atoms with van der Waals surface area (Å²) in [6.07, 6.45) is 3.22. The molecule has 1 aliphatic rings. The largest absolute Gasteiger partial charge is 0.353 e. The number of fused-ring (bicyclic) bond motifs is 1. The third-order valence-electron chi connectivity index (χ3n) is 3.72. The maximum absolute atomic E-state index is 12.3. The molecule has 0 saturated carbocycles. The normalized spacial score (nSPS) is 18.9. The summed E-state index contributed by atoms with van der Waals surface area (Å²) in [6.45, 7) is 2.75. The number of nitrogens with zero attached hydrogens (tertiary/aromatic N) is 1. The molecular formula is C16H15ClN2O2S. The van der Waals surface area contributed by atoms with Gasteiger partial charge in [0.25, 0.3) is 0 Å². The number of carbonyl (C=O) groups is 2. The van der Waals surface area contributed by atoms with Gasteiger partial charge in [-0.1, -0.05) is 29.8 Å². The lowest BCUT2D eigenvalue weighted by atomic mass is 10.2. The minimum Gasteiger partial charge on any atom is -0.353 e. The van der Waals surface area contributed by atoms with Gasteiger partial charge in [-0.05, 0) is 19.1 Å². The summed E-state index contributed by atoms with van der Waals surface area (Å²) in [6, 6.07) is 7.42. The molecule has 1 saturated heterocycles. The van der Waals surface area contributed by atoms with Gasteiger partial charge in [-0.3, -0.25) is 9.59 Å². The zero-order valence-corrected chi connectivity index (χ0v) is 13.6. The van der Waals surface area contributed by atoms with E-state index in [1.165, 1.54) is 6.08 Å². The van der Waals surface area contributed by atoms with Gasteiger partial charge in [0.15, 0.2) is 0 Å². The number of piperazine rings is 1. The van der Waals surface area contributed by atoms with Crippen LogP contribution in [0.4, 0.5) is 0 Å². The smallest absolute Gasteiger partial charge is 0.247 e. The number of carbonyl (C=O) groups excluding carboxylic acids is 2. The van der Waals surface area contributed by atoms with Crippen LogP contribution in [0.25, 0.3) is 16.2 Å². The van der Waals surface area contributed by atoms with Crippen molar-refractivity contribution < 1.29 is 9.59 Å². The van der Waals surface area contributed by atoms with Crippen LogP contribution in [0.5, 0.6) is 0 Å². The van der Waals surface area contributed by atoms with Crippen molar-refractivity contribution in [1.82, 2.24) is 10.2 Å². The van der Waals surface area contributed by atoms with Crippen molar-refractivity contribution in [1.29, 1.82) is 0 Å². The van der Waals surface area contributed by atoms with Crippen molar-refractivity contribution in [3.05, 3.63) is 40.2 Å². The summed E-state index contributed by atoms with van der Waals surface area (Å²) >= 11 is 7.89. The van der Waals surface area contributed by atoms with Gasteiger partial charge in [0, 0.05) is 34.1 Å². The first-order chi connectivity index (χ1) is 10.6. The van der Waals surface area contributed by atoms with Crippen LogP contribution in [0, 0.1) is 0 Å². The van der Waals surface area contributed by atoms with Gasteiger partial charge in [-0.15, -0.1) is 11.3 Å². The molecule has 0 radical (unpaired) electrons. The monoisotopic (exact) mass is 334 g/mol. The molecule has 1 unspecified atom stereocenters. The van der Waals surface area contributed by atoms with Crippen molar-refractivity contribution >= 4 is 50.9 Å². The topological polar surface area (TPSA) is 49.4 Å². The summed E-state index contributed by atoms with van der Waals surface area (Å²) in [7, 11) is 0. The Labute approximate surface area is 137 Å². The van der Waals surface area contributed by atoms with Crippen LogP contribution in [0.15, 0.2) is 30.3 Å². The van der Waals surface area contributed by atoms with E-state index >= 15 is 0 Å². The summed E-state index contributed by atoms with van der Waals surface area (Å²) in [5, 5.41) is 4.40. The standard InChI is InChI=1S/C16H15ClN2O2S/c1-10-16(21)18-8-9-19(10)14(20)7-6-13-15(17)11-4-2-3-5-12(11)22-13/h2-7,10H,8-9H2,1H3,(H,18,21). The van der Waals surface area contributed by atoms with E-state index in [9.17, 15) is 9.59 Å². The Morgan fingerprint density at radius 1 is 1.45 bits per heavy atom. The van der Waals surface area contributed by atoms with Crippen LogP contribution in [-0.2, 0) is 9.59 Å². The molecule has 22 heavy (non-hydrogen) atoms. The van der Waals surface area contributed by atoms with Crippen LogP contribution in [0.1, 0.15) is 11.8 Å². The number of amides is 2. The lowest BCUT2D eigenvalue weighted by Crippen LogP contribution is -2.55. The van der Waals surface area contributed by atoms with Crippen molar-refractivity contribution in [2.45, 2.75) is 13.0 Å². The van der Waals surface area contributed by atoms with Crippen molar-refractivity contribution in [3.63, 3.8) is 0 Å². The van der Waals surface area contributed by atoms with Gasteiger partial charge in [0.05, 0.1) is 5.02 Å². The fourth-order valence-electron chi connectivity index (χ4n) is 2.47. The molecule has 4 nitrogen and oxygen atoms in total. The lowest BCUT2D eigenvalue weighted by molar-refractivity contribution is -0.139. The summed E-state index contributed by atoms with van der Waals surface area (Å²) < 4.78 is 1.09. The lowest BCUT2D eigenvalue weighted by Gasteiger charge is -2.31. The number of hydrogen-bond donors (Lipinski definition) is 1. The molecule has 1 aliphatic heterocycles. The Morgan fingerprint density at radius 2 is 2.23 bits per heavy atom. The predicted molar refractivity (Wildman–Crippen MR) is 90.1 cm³/mol. The Kier molecular flexibility index (Phi) is 4.18. The molecule has 2 amide bonds. The van der Waals surface area contributed by atoms with E-state index in [-0.39, 0.29) is 11.8 Å². The maximum Gasteiger partial charge on any atom is 0.247 e. The van der Waals surface area contributed by atoms with E-state index in [1.807, 2.05) is 24.3 Å². The molecule has 1 aromatic carbocycles. The number of thiophene rings is 1. The molecule has 3 rings (SSSR count). The Balaban J connectivity index is 1.82. The Hall–Kier alpha value is -1.85. The van der Waals surface area contributed by atoms with E-state index in [1.54, 1.807) is 29.2 Å². The molecule has 1 N–H and O–H groups in total. The highest BCUT2D eigenvalue weighted by Crippen LogP contribution is 2.35. The van der Waals surface area contributed by atoms with Crippen LogP contribution < -0.4 is 5.32 Å². The van der Waals surface area contributed by atoms with E-state index in [4.69, 9.17) is 11.6 Å². The Bertz CT molecular complexity index is 769.